The van der Waals surface area contributed by atoms with Crippen molar-refractivity contribution in [2.45, 2.75) is 52.2 Å². The number of hydrogen-bond acceptors (Lipinski definition) is 6. The predicted molar refractivity (Wildman–Crippen MR) is 160 cm³/mol. The van der Waals surface area contributed by atoms with Gasteiger partial charge in [-0.25, -0.2) is 9.36 Å². The molecule has 3 aliphatic heterocycles. The number of amides is 1. The molecule has 10 heteroatoms. The van der Waals surface area contributed by atoms with Crippen LogP contribution in [-0.2, 0) is 4.79 Å². The number of carbonyl (C=O) groups is 2. The van der Waals surface area contributed by atoms with E-state index in [4.69, 9.17) is 16.6 Å². The van der Waals surface area contributed by atoms with Crippen molar-refractivity contribution < 1.29 is 14.2 Å². The average Bonchev–Trinajstić information content (AvgIpc) is 2.96. The Kier molecular flexibility index (Phi) is 6.65. The number of pyridine rings is 1. The van der Waals surface area contributed by atoms with Crippen molar-refractivity contribution in [1.29, 1.82) is 0 Å². The first-order valence-corrected chi connectivity index (χ1v) is 14.3. The zero-order valence-corrected chi connectivity index (χ0v) is 24.3. The van der Waals surface area contributed by atoms with E-state index in [1.54, 1.807) is 15.5 Å². The van der Waals surface area contributed by atoms with Crippen LogP contribution >= 0.6 is 11.6 Å². The van der Waals surface area contributed by atoms with Gasteiger partial charge in [0.15, 0.2) is 17.8 Å². The van der Waals surface area contributed by atoms with Gasteiger partial charge < -0.3 is 9.80 Å². The Morgan fingerprint density at radius 2 is 1.90 bits per heavy atom. The van der Waals surface area contributed by atoms with Crippen molar-refractivity contribution in [3.63, 3.8) is 0 Å². The van der Waals surface area contributed by atoms with Crippen LogP contribution in [0, 0.1) is 5.92 Å². The number of nitrogens with zero attached hydrogens (tertiary/aromatic N) is 6. The van der Waals surface area contributed by atoms with Crippen molar-refractivity contribution >= 4 is 52.6 Å². The van der Waals surface area contributed by atoms with Crippen molar-refractivity contribution in [3.05, 3.63) is 69.8 Å². The number of aromatic nitrogens is 3. The molecule has 2 unspecified atom stereocenters. The lowest BCUT2D eigenvalue weighted by molar-refractivity contribution is -0.679. The van der Waals surface area contributed by atoms with Gasteiger partial charge in [0.1, 0.15) is 22.8 Å². The molecule has 5 heterocycles. The number of hydrogen-bond donors (Lipinski definition) is 0. The number of benzene rings is 1. The second-order valence-corrected chi connectivity index (χ2v) is 11.6. The largest absolute Gasteiger partial charge is 0.441 e. The number of anilines is 1. The molecule has 4 atom stereocenters. The maximum Gasteiger partial charge on any atom is 0.441 e. The maximum absolute atomic E-state index is 14.0. The fourth-order valence-electron chi connectivity index (χ4n) is 6.55. The first kappa shape index (κ1) is 27.1. The summed E-state index contributed by atoms with van der Waals surface area (Å²) in [6, 6.07) is 8.66. The average molecular weight is 572 g/mol. The Balaban J connectivity index is 1.68. The van der Waals surface area contributed by atoms with Gasteiger partial charge in [0.2, 0.25) is 5.91 Å². The Hall–Kier alpha value is -4.11. The minimum Gasteiger partial charge on any atom is -0.349 e. The summed E-state index contributed by atoms with van der Waals surface area (Å²) in [6.07, 6.45) is 4.76. The van der Waals surface area contributed by atoms with E-state index in [1.807, 2.05) is 55.8 Å². The third kappa shape index (κ3) is 4.05. The summed E-state index contributed by atoms with van der Waals surface area (Å²) < 4.78 is 3.72. The summed E-state index contributed by atoms with van der Waals surface area (Å²) in [5.41, 5.74) is 3.71. The minimum absolute atomic E-state index is 0.0565. The fraction of sp³-hybridized carbons (Fsp3) is 0.355. The summed E-state index contributed by atoms with van der Waals surface area (Å²) in [4.78, 5) is 52.0. The topological polar surface area (TPSA) is 91.8 Å². The summed E-state index contributed by atoms with van der Waals surface area (Å²) in [7, 11) is 0. The third-order valence-electron chi connectivity index (χ3n) is 8.55. The lowest BCUT2D eigenvalue weighted by Crippen LogP contribution is -2.58. The summed E-state index contributed by atoms with van der Waals surface area (Å²) >= 11 is 7.11. The zero-order chi connectivity index (χ0) is 29.2. The number of halogens is 1. The Labute approximate surface area is 243 Å². The van der Waals surface area contributed by atoms with Gasteiger partial charge in [0.25, 0.3) is 0 Å². The van der Waals surface area contributed by atoms with Crippen LogP contribution in [0.1, 0.15) is 50.5 Å². The van der Waals surface area contributed by atoms with E-state index in [1.165, 1.54) is 6.08 Å². The highest BCUT2D eigenvalue weighted by Crippen LogP contribution is 2.41. The third-order valence-corrected chi connectivity index (χ3v) is 8.84. The first-order valence-electron chi connectivity index (χ1n) is 13.9. The molecule has 0 radical (unpaired) electrons. The number of aliphatic imine (C=N–C) groups is 1. The van der Waals surface area contributed by atoms with E-state index >= 15 is 0 Å². The molecule has 0 N–H and O–H groups in total. The second-order valence-electron chi connectivity index (χ2n) is 11.1. The molecule has 41 heavy (non-hydrogen) atoms. The molecule has 0 bridgehead atoms. The SMILES string of the molecule is C=CC(=O)N1C[C@H](C)N(c2nc(=O)n3c4c2cc(Cl)c(-c2ccccc2C=O)[n+]4C(C)C2=C3C(C)CC=N2)C[C@H]1C. The Bertz CT molecular complexity index is 1760. The lowest BCUT2D eigenvalue weighted by Gasteiger charge is -2.44. The van der Waals surface area contributed by atoms with Crippen molar-refractivity contribution in [1.82, 2.24) is 14.5 Å². The van der Waals surface area contributed by atoms with Crippen LogP contribution < -0.4 is 15.2 Å². The highest BCUT2D eigenvalue weighted by molar-refractivity contribution is 6.33. The van der Waals surface area contributed by atoms with Crippen LogP contribution in [0.4, 0.5) is 5.82 Å². The summed E-state index contributed by atoms with van der Waals surface area (Å²) in [5.74, 6) is 0.465. The number of piperazine rings is 1. The summed E-state index contributed by atoms with van der Waals surface area (Å²) in [6.45, 7) is 12.7. The number of allylic oxidation sites excluding steroid dienone is 2. The molecule has 3 aliphatic rings. The van der Waals surface area contributed by atoms with Crippen LogP contribution in [0.3, 0.4) is 0 Å². The normalized spacial score (nSPS) is 23.5. The number of fused-ring (bicyclic) bond motifs is 1. The van der Waals surface area contributed by atoms with Crippen LogP contribution in [-0.4, -0.2) is 58.0 Å². The molecule has 210 valence electrons. The van der Waals surface area contributed by atoms with Gasteiger partial charge in [-0.05, 0) is 45.4 Å². The maximum atomic E-state index is 14.0. The van der Waals surface area contributed by atoms with Crippen LogP contribution in [0.25, 0.3) is 28.0 Å². The van der Waals surface area contributed by atoms with Crippen LogP contribution in [0.2, 0.25) is 5.02 Å². The summed E-state index contributed by atoms with van der Waals surface area (Å²) in [5, 5.41) is 1.16. The van der Waals surface area contributed by atoms with E-state index in [2.05, 4.69) is 23.4 Å². The molecule has 6 rings (SSSR count). The minimum atomic E-state index is -0.397. The Morgan fingerprint density at radius 3 is 2.63 bits per heavy atom. The van der Waals surface area contributed by atoms with E-state index in [-0.39, 0.29) is 30.0 Å². The quantitative estimate of drug-likeness (QED) is 0.265. The van der Waals surface area contributed by atoms with Gasteiger partial charge in [0, 0.05) is 48.4 Å². The molecule has 2 aromatic heterocycles. The monoisotopic (exact) mass is 571 g/mol. The molecule has 1 amide bonds. The van der Waals surface area contributed by atoms with Gasteiger partial charge in [-0.1, -0.05) is 43.3 Å². The number of rotatable bonds is 4. The van der Waals surface area contributed by atoms with Crippen molar-refractivity contribution in [3.8, 4) is 11.3 Å². The molecule has 1 aromatic carbocycles. The van der Waals surface area contributed by atoms with Crippen molar-refractivity contribution in [2.75, 3.05) is 18.0 Å². The van der Waals surface area contributed by atoms with E-state index in [0.717, 1.165) is 23.1 Å². The highest BCUT2D eigenvalue weighted by Gasteiger charge is 2.43. The van der Waals surface area contributed by atoms with Gasteiger partial charge in [0.05, 0.1) is 5.02 Å². The van der Waals surface area contributed by atoms with Crippen molar-refractivity contribution in [2.24, 2.45) is 10.9 Å². The fourth-order valence-corrected chi connectivity index (χ4v) is 6.85. The highest BCUT2D eigenvalue weighted by atomic mass is 35.5. The van der Waals surface area contributed by atoms with Gasteiger partial charge in [-0.3, -0.25) is 14.6 Å². The van der Waals surface area contributed by atoms with Gasteiger partial charge >= 0.3 is 11.3 Å². The van der Waals surface area contributed by atoms with E-state index < -0.39 is 5.69 Å². The van der Waals surface area contributed by atoms with Crippen LogP contribution in [0.5, 0.6) is 0 Å². The number of aldehydes is 1. The lowest BCUT2D eigenvalue weighted by atomic mass is 9.94. The standard InChI is InChI=1S/C31H32ClN6O3/c1-6-25(40)35-14-19(4)36(15-18(35)3)29-23-13-24(32)28(22-10-8-7-9-21(22)16-39)37-20(5)26-27(17(2)11-12-33-26)38(30(23)37)31(41)34-29/h6-10,12-13,16-20H,1,11,14-15H2,2-5H3/q+1/t17?,18-,19+,20?/m1/s1. The van der Waals surface area contributed by atoms with Gasteiger partial charge in [-0.2, -0.15) is 4.98 Å². The van der Waals surface area contributed by atoms with E-state index in [0.29, 0.717) is 52.8 Å². The number of carbonyl (C=O) groups excluding carboxylic acids is 2. The zero-order valence-electron chi connectivity index (χ0n) is 23.5. The molecule has 0 saturated carbocycles. The van der Waals surface area contributed by atoms with Crippen LogP contribution in [0.15, 0.2) is 58.5 Å². The molecule has 0 spiro atoms. The molecular weight excluding hydrogens is 540 g/mol. The predicted octanol–water partition coefficient (Wildman–Crippen LogP) is 4.28. The molecular formula is C31H32ClN6O3+. The molecule has 0 aliphatic carbocycles. The van der Waals surface area contributed by atoms with Gasteiger partial charge in [-0.15, -0.1) is 4.57 Å². The molecule has 1 saturated heterocycles. The second kappa shape index (κ2) is 10.1. The molecule has 1 fully saturated rings. The smallest absolute Gasteiger partial charge is 0.349 e. The molecule has 9 nitrogen and oxygen atoms in total. The first-order chi connectivity index (χ1) is 19.7. The molecule has 3 aromatic rings. The Morgan fingerprint density at radius 1 is 1.15 bits per heavy atom. The van der Waals surface area contributed by atoms with E-state index in [9.17, 15) is 14.4 Å².